The van der Waals surface area contributed by atoms with Crippen LogP contribution in [0.1, 0.15) is 24.0 Å². The molecule has 1 aliphatic rings. The predicted octanol–water partition coefficient (Wildman–Crippen LogP) is 2.94. The second-order valence-electron chi connectivity index (χ2n) is 4.59. The first-order chi connectivity index (χ1) is 7.65. The minimum absolute atomic E-state index is 0.0950. The standard InChI is InChI=1S/C13H17ClO2/c1-9-2-3-10(6-13(9)14)7-16-8-11-4-12(15)5-11/h2-3,6,11-12,15H,4-5,7-8H2,1H3. The maximum atomic E-state index is 9.13. The minimum Gasteiger partial charge on any atom is -0.393 e. The molecule has 0 aromatic heterocycles. The van der Waals surface area contributed by atoms with Crippen molar-refractivity contribution in [2.75, 3.05) is 6.61 Å². The van der Waals surface area contributed by atoms with Gasteiger partial charge in [0, 0.05) is 5.02 Å². The fraction of sp³-hybridized carbons (Fsp3) is 0.538. The van der Waals surface area contributed by atoms with Crippen molar-refractivity contribution in [1.29, 1.82) is 0 Å². The van der Waals surface area contributed by atoms with Crippen molar-refractivity contribution in [3.63, 3.8) is 0 Å². The number of aliphatic hydroxyl groups is 1. The van der Waals surface area contributed by atoms with Crippen molar-refractivity contribution in [1.82, 2.24) is 0 Å². The minimum atomic E-state index is -0.0950. The molecule has 0 heterocycles. The second-order valence-corrected chi connectivity index (χ2v) is 5.00. The SMILES string of the molecule is Cc1ccc(COCC2CC(O)C2)cc1Cl. The van der Waals surface area contributed by atoms with Gasteiger partial charge in [0.1, 0.15) is 0 Å². The van der Waals surface area contributed by atoms with Gasteiger partial charge in [0.2, 0.25) is 0 Å². The Labute approximate surface area is 101 Å². The normalized spacial score (nSPS) is 24.2. The molecule has 0 atom stereocenters. The molecule has 0 spiro atoms. The van der Waals surface area contributed by atoms with Gasteiger partial charge in [0.05, 0.1) is 19.3 Å². The van der Waals surface area contributed by atoms with Crippen LogP contribution in [0.25, 0.3) is 0 Å². The third-order valence-corrected chi connectivity index (χ3v) is 3.48. The fourth-order valence-electron chi connectivity index (χ4n) is 1.91. The number of benzene rings is 1. The molecule has 1 aromatic rings. The van der Waals surface area contributed by atoms with E-state index < -0.39 is 0 Å². The highest BCUT2D eigenvalue weighted by atomic mass is 35.5. The van der Waals surface area contributed by atoms with Crippen LogP contribution in [-0.4, -0.2) is 17.8 Å². The Hall–Kier alpha value is -0.570. The lowest BCUT2D eigenvalue weighted by molar-refractivity contribution is -0.0145. The summed E-state index contributed by atoms with van der Waals surface area (Å²) in [5.41, 5.74) is 2.20. The first-order valence-electron chi connectivity index (χ1n) is 5.66. The number of hydrogen-bond donors (Lipinski definition) is 1. The van der Waals surface area contributed by atoms with E-state index in [1.165, 1.54) is 0 Å². The molecule has 2 rings (SSSR count). The third-order valence-electron chi connectivity index (χ3n) is 3.07. The zero-order chi connectivity index (χ0) is 11.5. The van der Waals surface area contributed by atoms with Crippen molar-refractivity contribution in [2.24, 2.45) is 5.92 Å². The van der Waals surface area contributed by atoms with Crippen LogP contribution < -0.4 is 0 Å². The van der Waals surface area contributed by atoms with Gasteiger partial charge in [-0.05, 0) is 42.9 Å². The highest BCUT2D eigenvalue weighted by Gasteiger charge is 2.26. The summed E-state index contributed by atoms with van der Waals surface area (Å²) in [7, 11) is 0. The van der Waals surface area contributed by atoms with E-state index in [4.69, 9.17) is 21.4 Å². The summed E-state index contributed by atoms with van der Waals surface area (Å²) < 4.78 is 5.60. The first-order valence-corrected chi connectivity index (χ1v) is 6.04. The second kappa shape index (κ2) is 5.17. The summed E-state index contributed by atoms with van der Waals surface area (Å²) in [5.74, 6) is 0.538. The number of aliphatic hydroxyl groups excluding tert-OH is 1. The third kappa shape index (κ3) is 2.97. The summed E-state index contributed by atoms with van der Waals surface area (Å²) in [6.07, 6.45) is 1.67. The van der Waals surface area contributed by atoms with Crippen molar-refractivity contribution in [2.45, 2.75) is 32.5 Å². The summed E-state index contributed by atoms with van der Waals surface area (Å²) >= 11 is 6.02. The van der Waals surface area contributed by atoms with Gasteiger partial charge >= 0.3 is 0 Å². The molecule has 1 fully saturated rings. The lowest BCUT2D eigenvalue weighted by atomic mass is 9.83. The maximum absolute atomic E-state index is 9.13. The molecule has 16 heavy (non-hydrogen) atoms. The Bertz CT molecular complexity index is 359. The predicted molar refractivity (Wildman–Crippen MR) is 64.6 cm³/mol. The van der Waals surface area contributed by atoms with Crippen LogP contribution in [0.2, 0.25) is 5.02 Å². The first kappa shape index (κ1) is 11.9. The van der Waals surface area contributed by atoms with Gasteiger partial charge in [0.25, 0.3) is 0 Å². The average Bonchev–Trinajstić information content (AvgIpc) is 2.21. The molecular formula is C13H17ClO2. The van der Waals surface area contributed by atoms with Gasteiger partial charge in [-0.3, -0.25) is 0 Å². The average molecular weight is 241 g/mol. The number of rotatable bonds is 4. The topological polar surface area (TPSA) is 29.5 Å². The van der Waals surface area contributed by atoms with Gasteiger partial charge in [-0.25, -0.2) is 0 Å². The lowest BCUT2D eigenvalue weighted by Gasteiger charge is -2.30. The van der Waals surface area contributed by atoms with Crippen LogP contribution in [0.3, 0.4) is 0 Å². The summed E-state index contributed by atoms with van der Waals surface area (Å²) in [5, 5.41) is 9.92. The van der Waals surface area contributed by atoms with Gasteiger partial charge < -0.3 is 9.84 Å². The number of halogens is 1. The Morgan fingerprint density at radius 3 is 2.81 bits per heavy atom. The zero-order valence-electron chi connectivity index (χ0n) is 9.45. The van der Waals surface area contributed by atoms with Crippen LogP contribution in [0, 0.1) is 12.8 Å². The molecule has 0 radical (unpaired) electrons. The van der Waals surface area contributed by atoms with E-state index >= 15 is 0 Å². The molecule has 1 aromatic carbocycles. The maximum Gasteiger partial charge on any atom is 0.0717 e. The van der Waals surface area contributed by atoms with Crippen molar-refractivity contribution < 1.29 is 9.84 Å². The Morgan fingerprint density at radius 2 is 2.19 bits per heavy atom. The number of ether oxygens (including phenoxy) is 1. The molecule has 1 N–H and O–H groups in total. The lowest BCUT2D eigenvalue weighted by Crippen LogP contribution is -2.31. The van der Waals surface area contributed by atoms with E-state index in [0.717, 1.165) is 35.6 Å². The molecule has 0 aliphatic heterocycles. The Morgan fingerprint density at radius 1 is 1.44 bits per heavy atom. The highest BCUT2D eigenvalue weighted by molar-refractivity contribution is 6.31. The number of hydrogen-bond acceptors (Lipinski definition) is 2. The molecule has 0 unspecified atom stereocenters. The fourth-order valence-corrected chi connectivity index (χ4v) is 2.11. The quantitative estimate of drug-likeness (QED) is 0.877. The largest absolute Gasteiger partial charge is 0.393 e. The van der Waals surface area contributed by atoms with Gasteiger partial charge in [-0.1, -0.05) is 23.7 Å². The van der Waals surface area contributed by atoms with Crippen LogP contribution in [0.5, 0.6) is 0 Å². The molecule has 1 saturated carbocycles. The highest BCUT2D eigenvalue weighted by Crippen LogP contribution is 2.27. The van der Waals surface area contributed by atoms with Crippen LogP contribution >= 0.6 is 11.6 Å². The zero-order valence-corrected chi connectivity index (χ0v) is 10.2. The molecular weight excluding hydrogens is 224 g/mol. The van der Waals surface area contributed by atoms with E-state index in [2.05, 4.69) is 0 Å². The van der Waals surface area contributed by atoms with E-state index in [9.17, 15) is 0 Å². The molecule has 2 nitrogen and oxygen atoms in total. The van der Waals surface area contributed by atoms with Crippen molar-refractivity contribution >= 4 is 11.6 Å². The molecule has 0 amide bonds. The summed E-state index contributed by atoms with van der Waals surface area (Å²) in [6, 6.07) is 6.00. The van der Waals surface area contributed by atoms with Crippen LogP contribution in [-0.2, 0) is 11.3 Å². The Balaban J connectivity index is 1.74. The molecule has 88 valence electrons. The van der Waals surface area contributed by atoms with Crippen LogP contribution in [0.15, 0.2) is 18.2 Å². The van der Waals surface area contributed by atoms with Gasteiger partial charge in [-0.15, -0.1) is 0 Å². The Kier molecular flexibility index (Phi) is 3.85. The van der Waals surface area contributed by atoms with E-state index in [-0.39, 0.29) is 6.10 Å². The number of aryl methyl sites for hydroxylation is 1. The van der Waals surface area contributed by atoms with Gasteiger partial charge in [0.15, 0.2) is 0 Å². The molecule has 1 aliphatic carbocycles. The van der Waals surface area contributed by atoms with E-state index in [0.29, 0.717) is 12.5 Å². The molecule has 0 bridgehead atoms. The van der Waals surface area contributed by atoms with Crippen molar-refractivity contribution in [3.8, 4) is 0 Å². The van der Waals surface area contributed by atoms with Crippen molar-refractivity contribution in [3.05, 3.63) is 34.3 Å². The van der Waals surface area contributed by atoms with Gasteiger partial charge in [-0.2, -0.15) is 0 Å². The smallest absolute Gasteiger partial charge is 0.0717 e. The summed E-state index contributed by atoms with van der Waals surface area (Å²) in [6.45, 7) is 3.33. The van der Waals surface area contributed by atoms with E-state index in [1.807, 2.05) is 25.1 Å². The monoisotopic (exact) mass is 240 g/mol. The van der Waals surface area contributed by atoms with Crippen LogP contribution in [0.4, 0.5) is 0 Å². The summed E-state index contributed by atoms with van der Waals surface area (Å²) in [4.78, 5) is 0. The van der Waals surface area contributed by atoms with E-state index in [1.54, 1.807) is 0 Å². The molecule has 0 saturated heterocycles. The molecule has 3 heteroatoms.